The van der Waals surface area contributed by atoms with Crippen LogP contribution in [0, 0.1) is 0 Å². The van der Waals surface area contributed by atoms with Gasteiger partial charge in [0.05, 0.1) is 18.8 Å². The first-order valence-electron chi connectivity index (χ1n) is 11.6. The lowest BCUT2D eigenvalue weighted by atomic mass is 9.93. The number of nitrogens with zero attached hydrogens (tertiary/aromatic N) is 2. The van der Waals surface area contributed by atoms with Crippen LogP contribution in [0.2, 0.25) is 0 Å². The van der Waals surface area contributed by atoms with Gasteiger partial charge in [0, 0.05) is 37.5 Å². The van der Waals surface area contributed by atoms with Gasteiger partial charge in [-0.3, -0.25) is 14.9 Å². The molecule has 0 radical (unpaired) electrons. The zero-order valence-electron chi connectivity index (χ0n) is 19.2. The number of carbonyl (C=O) groups excluding carboxylic acids is 2. The van der Waals surface area contributed by atoms with Gasteiger partial charge in [0.25, 0.3) is 5.91 Å². The molecular weight excluding hydrogens is 402 g/mol. The van der Waals surface area contributed by atoms with Crippen molar-refractivity contribution in [2.45, 2.75) is 57.3 Å². The van der Waals surface area contributed by atoms with Crippen molar-refractivity contribution in [3.05, 3.63) is 65.7 Å². The van der Waals surface area contributed by atoms with Crippen LogP contribution in [0.15, 0.2) is 54.6 Å². The van der Waals surface area contributed by atoms with Gasteiger partial charge in [0.2, 0.25) is 5.91 Å². The Morgan fingerprint density at radius 2 is 1.78 bits per heavy atom. The standard InChI is InChI=1S/C26H33N3O3/c1-4-19(2)29-25(31)23(18-20-8-6-5-7-9-20)27-26(29)14-16-28(17-15-26)24(30)21-10-12-22(32-3)13-11-21/h5-13,19,23,27H,4,14-18H2,1-3H3/t19-,23-/m1/s1. The van der Waals surface area contributed by atoms with Gasteiger partial charge in [-0.2, -0.15) is 0 Å². The van der Waals surface area contributed by atoms with Crippen molar-refractivity contribution in [1.82, 2.24) is 15.1 Å². The van der Waals surface area contributed by atoms with Crippen molar-refractivity contribution in [1.29, 1.82) is 0 Å². The number of rotatable bonds is 6. The molecule has 1 N–H and O–H groups in total. The summed E-state index contributed by atoms with van der Waals surface area (Å²) in [7, 11) is 1.62. The first-order valence-corrected chi connectivity index (χ1v) is 11.6. The summed E-state index contributed by atoms with van der Waals surface area (Å²) in [5.41, 5.74) is 1.44. The fourth-order valence-corrected chi connectivity index (χ4v) is 5.03. The van der Waals surface area contributed by atoms with Crippen LogP contribution < -0.4 is 10.1 Å². The maximum atomic E-state index is 13.5. The zero-order chi connectivity index (χ0) is 22.7. The third-order valence-corrected chi connectivity index (χ3v) is 6.97. The Morgan fingerprint density at radius 1 is 1.12 bits per heavy atom. The first kappa shape index (κ1) is 22.3. The predicted molar refractivity (Wildman–Crippen MR) is 125 cm³/mol. The van der Waals surface area contributed by atoms with Crippen LogP contribution in [0.4, 0.5) is 0 Å². The molecule has 2 heterocycles. The van der Waals surface area contributed by atoms with E-state index in [1.54, 1.807) is 7.11 Å². The normalized spacial score (nSPS) is 21.1. The SMILES string of the molecule is CC[C@@H](C)N1C(=O)[C@@H](Cc2ccccc2)NC12CCN(C(=O)c1ccc(OC)cc1)CC2. The van der Waals surface area contributed by atoms with Crippen LogP contribution in [0.25, 0.3) is 0 Å². The average Bonchev–Trinajstić information content (AvgIpc) is 3.09. The Balaban J connectivity index is 1.49. The van der Waals surface area contributed by atoms with Gasteiger partial charge in [0.1, 0.15) is 5.75 Å². The van der Waals surface area contributed by atoms with E-state index in [1.165, 1.54) is 0 Å². The van der Waals surface area contributed by atoms with Gasteiger partial charge in [-0.1, -0.05) is 37.3 Å². The molecule has 6 heteroatoms. The van der Waals surface area contributed by atoms with Crippen LogP contribution in [-0.4, -0.2) is 59.6 Å². The second-order valence-corrected chi connectivity index (χ2v) is 8.90. The summed E-state index contributed by atoms with van der Waals surface area (Å²) in [5, 5.41) is 3.71. The van der Waals surface area contributed by atoms with E-state index in [9.17, 15) is 9.59 Å². The largest absolute Gasteiger partial charge is 0.497 e. The summed E-state index contributed by atoms with van der Waals surface area (Å²) in [6.07, 6.45) is 3.05. The molecule has 0 aromatic heterocycles. The van der Waals surface area contributed by atoms with Crippen molar-refractivity contribution >= 4 is 11.8 Å². The predicted octanol–water partition coefficient (Wildman–Crippen LogP) is 3.47. The van der Waals surface area contributed by atoms with Gasteiger partial charge in [-0.25, -0.2) is 0 Å². The Morgan fingerprint density at radius 3 is 2.38 bits per heavy atom. The highest BCUT2D eigenvalue weighted by Crippen LogP contribution is 2.36. The molecule has 2 aromatic carbocycles. The Kier molecular flexibility index (Phi) is 6.51. The molecule has 2 amide bonds. The molecule has 2 aromatic rings. The number of piperidine rings is 1. The van der Waals surface area contributed by atoms with Crippen LogP contribution in [0.1, 0.15) is 49.0 Å². The van der Waals surface area contributed by atoms with E-state index in [0.717, 1.165) is 30.6 Å². The molecule has 1 spiro atoms. The Bertz CT molecular complexity index is 937. The Hall–Kier alpha value is -2.86. The summed E-state index contributed by atoms with van der Waals surface area (Å²) in [5.74, 6) is 0.947. The molecule has 2 aliphatic rings. The topological polar surface area (TPSA) is 61.9 Å². The van der Waals surface area contributed by atoms with Crippen molar-refractivity contribution in [3.8, 4) is 5.75 Å². The van der Waals surface area contributed by atoms with E-state index in [2.05, 4.69) is 36.2 Å². The number of hydrogen-bond acceptors (Lipinski definition) is 4. The number of amides is 2. The van der Waals surface area contributed by atoms with Gasteiger partial charge >= 0.3 is 0 Å². The molecule has 2 fully saturated rings. The number of methoxy groups -OCH3 is 1. The third kappa shape index (κ3) is 4.24. The number of ether oxygens (including phenoxy) is 1. The molecule has 2 saturated heterocycles. The summed E-state index contributed by atoms with van der Waals surface area (Å²) in [6, 6.07) is 17.3. The minimum Gasteiger partial charge on any atom is -0.497 e. The van der Waals surface area contributed by atoms with Gasteiger partial charge in [-0.05, 0) is 49.6 Å². The molecule has 2 aliphatic heterocycles. The number of likely N-dealkylation sites (tertiary alicyclic amines) is 1. The monoisotopic (exact) mass is 435 g/mol. The van der Waals surface area contributed by atoms with E-state index in [4.69, 9.17) is 4.74 Å². The van der Waals surface area contributed by atoms with E-state index < -0.39 is 0 Å². The molecule has 0 unspecified atom stereocenters. The van der Waals surface area contributed by atoms with Crippen molar-refractivity contribution in [2.75, 3.05) is 20.2 Å². The number of nitrogens with one attached hydrogen (secondary N) is 1. The van der Waals surface area contributed by atoms with E-state index in [-0.39, 0.29) is 29.6 Å². The fourth-order valence-electron chi connectivity index (χ4n) is 5.03. The van der Waals surface area contributed by atoms with Crippen LogP contribution in [0.5, 0.6) is 5.75 Å². The first-order chi connectivity index (χ1) is 15.5. The average molecular weight is 436 g/mol. The number of hydrogen-bond donors (Lipinski definition) is 1. The maximum absolute atomic E-state index is 13.5. The van der Waals surface area contributed by atoms with Gasteiger partial charge in [0.15, 0.2) is 0 Å². The Labute approximate surface area is 190 Å². The molecule has 4 rings (SSSR count). The number of benzene rings is 2. The highest BCUT2D eigenvalue weighted by Gasteiger charge is 2.52. The molecule has 0 aliphatic carbocycles. The van der Waals surface area contributed by atoms with E-state index in [1.807, 2.05) is 47.4 Å². The molecule has 32 heavy (non-hydrogen) atoms. The minimum atomic E-state index is -0.386. The second kappa shape index (κ2) is 9.33. The highest BCUT2D eigenvalue weighted by atomic mass is 16.5. The lowest BCUT2D eigenvalue weighted by Crippen LogP contribution is -2.61. The molecular formula is C26H33N3O3. The lowest BCUT2D eigenvalue weighted by molar-refractivity contribution is -0.136. The van der Waals surface area contributed by atoms with E-state index >= 15 is 0 Å². The fraction of sp³-hybridized carbons (Fsp3) is 0.462. The van der Waals surface area contributed by atoms with Crippen molar-refractivity contribution in [3.63, 3.8) is 0 Å². The lowest BCUT2D eigenvalue weighted by Gasteiger charge is -2.46. The summed E-state index contributed by atoms with van der Waals surface area (Å²) >= 11 is 0. The molecule has 0 saturated carbocycles. The van der Waals surface area contributed by atoms with Crippen molar-refractivity contribution < 1.29 is 14.3 Å². The highest BCUT2D eigenvalue weighted by molar-refractivity contribution is 5.94. The summed E-state index contributed by atoms with van der Waals surface area (Å²) < 4.78 is 5.19. The van der Waals surface area contributed by atoms with Crippen LogP contribution >= 0.6 is 0 Å². The van der Waals surface area contributed by atoms with Crippen LogP contribution in [-0.2, 0) is 11.2 Å². The number of carbonyl (C=O) groups is 2. The van der Waals surface area contributed by atoms with Crippen molar-refractivity contribution in [2.24, 2.45) is 0 Å². The molecule has 6 nitrogen and oxygen atoms in total. The quantitative estimate of drug-likeness (QED) is 0.755. The zero-order valence-corrected chi connectivity index (χ0v) is 19.2. The molecule has 0 bridgehead atoms. The smallest absolute Gasteiger partial charge is 0.253 e. The third-order valence-electron chi connectivity index (χ3n) is 6.97. The minimum absolute atomic E-state index is 0.0303. The summed E-state index contributed by atoms with van der Waals surface area (Å²) in [6.45, 7) is 5.49. The van der Waals surface area contributed by atoms with Gasteiger partial charge < -0.3 is 14.5 Å². The maximum Gasteiger partial charge on any atom is 0.253 e. The van der Waals surface area contributed by atoms with Crippen LogP contribution in [0.3, 0.4) is 0 Å². The molecule has 170 valence electrons. The molecule has 2 atom stereocenters. The summed E-state index contributed by atoms with van der Waals surface area (Å²) in [4.78, 5) is 30.5. The van der Waals surface area contributed by atoms with Gasteiger partial charge in [-0.15, -0.1) is 0 Å². The van der Waals surface area contributed by atoms with E-state index in [0.29, 0.717) is 25.1 Å². The second-order valence-electron chi connectivity index (χ2n) is 8.90.